The third kappa shape index (κ3) is 4.27. The van der Waals surface area contributed by atoms with Gasteiger partial charge in [0.1, 0.15) is 5.69 Å². The average Bonchev–Trinajstić information content (AvgIpc) is 3.10. The van der Waals surface area contributed by atoms with Crippen LogP contribution in [-0.4, -0.2) is 51.4 Å². The smallest absolute Gasteiger partial charge is 0.269 e. The summed E-state index contributed by atoms with van der Waals surface area (Å²) in [6.07, 6.45) is 4.65. The third-order valence-electron chi connectivity index (χ3n) is 5.60. The summed E-state index contributed by atoms with van der Waals surface area (Å²) in [6, 6.07) is 1.96. The zero-order valence-corrected chi connectivity index (χ0v) is 17.7. The summed E-state index contributed by atoms with van der Waals surface area (Å²) in [5, 5.41) is 7.70. The molecule has 0 aromatic carbocycles. The number of rotatable bonds is 3. The van der Waals surface area contributed by atoms with E-state index in [1.54, 1.807) is 4.68 Å². The van der Waals surface area contributed by atoms with Gasteiger partial charge in [-0.15, -0.1) is 0 Å². The average molecular weight is 399 g/mol. The van der Waals surface area contributed by atoms with Crippen LogP contribution in [0.2, 0.25) is 0 Å². The Balaban J connectivity index is 1.44. The Morgan fingerprint density at radius 2 is 2.17 bits per heavy atom. The Morgan fingerprint density at radius 3 is 2.93 bits per heavy atom. The molecular weight excluding hydrogens is 368 g/mol. The van der Waals surface area contributed by atoms with Crippen molar-refractivity contribution in [3.63, 3.8) is 0 Å². The molecule has 4 heterocycles. The second kappa shape index (κ2) is 7.74. The lowest BCUT2D eigenvalue weighted by atomic mass is 9.92. The number of aromatic nitrogens is 4. The summed E-state index contributed by atoms with van der Waals surface area (Å²) in [4.78, 5) is 24.3. The van der Waals surface area contributed by atoms with Crippen LogP contribution in [0.1, 0.15) is 61.1 Å². The standard InChI is InChI=1S/C21H30N6O2/c1-21(2,3)18-10-17(26(4)25-18)19(28)23-15-6-5-8-27(12-15)20-22-11-14-13-29-9-7-16(14)24-20/h10-11,15H,5-9,12-13H2,1-4H3,(H,23,28). The fourth-order valence-electron chi connectivity index (χ4n) is 3.85. The first-order chi connectivity index (χ1) is 13.8. The van der Waals surface area contributed by atoms with E-state index in [9.17, 15) is 4.79 Å². The molecule has 1 saturated heterocycles. The summed E-state index contributed by atoms with van der Waals surface area (Å²) >= 11 is 0. The first-order valence-corrected chi connectivity index (χ1v) is 10.3. The molecule has 8 nitrogen and oxygen atoms in total. The predicted octanol–water partition coefficient (Wildman–Crippen LogP) is 1.98. The highest BCUT2D eigenvalue weighted by Crippen LogP contribution is 2.23. The number of nitrogens with zero attached hydrogens (tertiary/aromatic N) is 5. The third-order valence-corrected chi connectivity index (χ3v) is 5.60. The number of ether oxygens (including phenoxy) is 1. The van der Waals surface area contributed by atoms with Gasteiger partial charge in [-0.1, -0.05) is 20.8 Å². The van der Waals surface area contributed by atoms with E-state index >= 15 is 0 Å². The molecule has 2 aromatic rings. The van der Waals surface area contributed by atoms with E-state index in [4.69, 9.17) is 9.72 Å². The minimum absolute atomic E-state index is 0.0622. The Labute approximate surface area is 171 Å². The monoisotopic (exact) mass is 398 g/mol. The molecule has 0 radical (unpaired) electrons. The van der Waals surface area contributed by atoms with E-state index in [0.29, 0.717) is 25.5 Å². The molecule has 0 saturated carbocycles. The molecule has 1 fully saturated rings. The lowest BCUT2D eigenvalue weighted by molar-refractivity contribution is 0.0923. The maximum Gasteiger partial charge on any atom is 0.269 e. The summed E-state index contributed by atoms with van der Waals surface area (Å²) in [5.74, 6) is 0.672. The van der Waals surface area contributed by atoms with Crippen molar-refractivity contribution in [2.75, 3.05) is 24.6 Å². The van der Waals surface area contributed by atoms with Gasteiger partial charge in [0.2, 0.25) is 5.95 Å². The van der Waals surface area contributed by atoms with Crippen LogP contribution < -0.4 is 10.2 Å². The van der Waals surface area contributed by atoms with Crippen LogP contribution in [0.4, 0.5) is 5.95 Å². The van der Waals surface area contributed by atoms with E-state index in [2.05, 4.69) is 41.1 Å². The van der Waals surface area contributed by atoms with Crippen LogP contribution in [0.15, 0.2) is 12.3 Å². The number of amides is 1. The van der Waals surface area contributed by atoms with E-state index in [1.165, 1.54) is 0 Å². The van der Waals surface area contributed by atoms with Crippen LogP contribution in [0.5, 0.6) is 0 Å². The van der Waals surface area contributed by atoms with Gasteiger partial charge in [0.15, 0.2) is 0 Å². The van der Waals surface area contributed by atoms with Crippen molar-refractivity contribution in [2.24, 2.45) is 7.05 Å². The summed E-state index contributed by atoms with van der Waals surface area (Å²) in [6.45, 7) is 9.22. The Hall–Kier alpha value is -2.48. The quantitative estimate of drug-likeness (QED) is 0.851. The van der Waals surface area contributed by atoms with Crippen LogP contribution in [0.3, 0.4) is 0 Å². The molecule has 156 valence electrons. The van der Waals surface area contributed by atoms with E-state index in [0.717, 1.165) is 48.7 Å². The van der Waals surface area contributed by atoms with Crippen molar-refractivity contribution >= 4 is 11.9 Å². The predicted molar refractivity (Wildman–Crippen MR) is 110 cm³/mol. The Kier molecular flexibility index (Phi) is 5.29. The normalized spacial score (nSPS) is 19.7. The van der Waals surface area contributed by atoms with Crippen LogP contribution in [-0.2, 0) is 30.2 Å². The molecule has 4 rings (SSSR count). The largest absolute Gasteiger partial charge is 0.376 e. The second-order valence-corrected chi connectivity index (χ2v) is 8.99. The molecule has 2 aromatic heterocycles. The van der Waals surface area contributed by atoms with Gasteiger partial charge in [0.05, 0.1) is 24.6 Å². The van der Waals surface area contributed by atoms with Crippen molar-refractivity contribution in [1.29, 1.82) is 0 Å². The van der Waals surface area contributed by atoms with Gasteiger partial charge >= 0.3 is 0 Å². The molecule has 8 heteroatoms. The van der Waals surface area contributed by atoms with E-state index in [-0.39, 0.29) is 17.4 Å². The summed E-state index contributed by atoms with van der Waals surface area (Å²) in [7, 11) is 1.82. The van der Waals surface area contributed by atoms with Crippen molar-refractivity contribution in [2.45, 2.75) is 58.1 Å². The highest BCUT2D eigenvalue weighted by Gasteiger charge is 2.27. The van der Waals surface area contributed by atoms with E-state index in [1.807, 2.05) is 19.3 Å². The fraction of sp³-hybridized carbons (Fsp3) is 0.619. The maximum atomic E-state index is 12.9. The molecule has 1 amide bonds. The van der Waals surface area contributed by atoms with Gasteiger partial charge in [-0.05, 0) is 18.9 Å². The Bertz CT molecular complexity index is 901. The van der Waals surface area contributed by atoms with Gasteiger partial charge in [-0.3, -0.25) is 9.48 Å². The first kappa shape index (κ1) is 19.8. The van der Waals surface area contributed by atoms with Gasteiger partial charge in [0, 0.05) is 49.8 Å². The molecule has 0 aliphatic carbocycles. The summed E-state index contributed by atoms with van der Waals surface area (Å²) in [5.41, 5.74) is 3.58. The maximum absolute atomic E-state index is 12.9. The van der Waals surface area contributed by atoms with Crippen LogP contribution in [0.25, 0.3) is 0 Å². The molecule has 29 heavy (non-hydrogen) atoms. The minimum Gasteiger partial charge on any atom is -0.376 e. The second-order valence-electron chi connectivity index (χ2n) is 8.99. The number of carbonyl (C=O) groups excluding carboxylic acids is 1. The number of nitrogens with one attached hydrogen (secondary N) is 1. The molecule has 1 N–H and O–H groups in total. The van der Waals surface area contributed by atoms with Crippen LogP contribution >= 0.6 is 0 Å². The molecule has 0 bridgehead atoms. The molecule has 1 unspecified atom stereocenters. The lowest BCUT2D eigenvalue weighted by Gasteiger charge is -2.33. The number of hydrogen-bond donors (Lipinski definition) is 1. The number of carbonyl (C=O) groups is 1. The van der Waals surface area contributed by atoms with Crippen molar-refractivity contribution in [1.82, 2.24) is 25.1 Å². The van der Waals surface area contributed by atoms with Gasteiger partial charge < -0.3 is 15.0 Å². The highest BCUT2D eigenvalue weighted by atomic mass is 16.5. The van der Waals surface area contributed by atoms with E-state index < -0.39 is 0 Å². The molecular formula is C21H30N6O2. The van der Waals surface area contributed by atoms with Crippen molar-refractivity contribution < 1.29 is 9.53 Å². The minimum atomic E-state index is -0.0905. The zero-order chi connectivity index (χ0) is 20.6. The molecule has 1 atom stereocenters. The SMILES string of the molecule is Cn1nc(C(C)(C)C)cc1C(=O)NC1CCCN(c2ncc3c(n2)CCOC3)C1. The molecule has 2 aliphatic rings. The topological polar surface area (TPSA) is 85.2 Å². The van der Waals surface area contributed by atoms with Gasteiger partial charge in [0.25, 0.3) is 5.91 Å². The molecule has 2 aliphatic heterocycles. The van der Waals surface area contributed by atoms with Gasteiger partial charge in [-0.2, -0.15) is 5.10 Å². The van der Waals surface area contributed by atoms with Gasteiger partial charge in [-0.25, -0.2) is 9.97 Å². The first-order valence-electron chi connectivity index (χ1n) is 10.3. The highest BCUT2D eigenvalue weighted by molar-refractivity contribution is 5.93. The zero-order valence-electron chi connectivity index (χ0n) is 17.7. The fourth-order valence-corrected chi connectivity index (χ4v) is 3.85. The van der Waals surface area contributed by atoms with Crippen molar-refractivity contribution in [3.05, 3.63) is 34.9 Å². The number of hydrogen-bond acceptors (Lipinski definition) is 6. The molecule has 0 spiro atoms. The van der Waals surface area contributed by atoms with Crippen molar-refractivity contribution in [3.8, 4) is 0 Å². The number of aryl methyl sites for hydroxylation is 1. The number of anilines is 1. The van der Waals surface area contributed by atoms with Crippen LogP contribution in [0, 0.1) is 0 Å². The number of fused-ring (bicyclic) bond motifs is 1. The Morgan fingerprint density at radius 1 is 1.34 bits per heavy atom. The summed E-state index contributed by atoms with van der Waals surface area (Å²) < 4.78 is 7.14. The number of piperidine rings is 1. The lowest BCUT2D eigenvalue weighted by Crippen LogP contribution is -2.48.